The number of benzene rings is 2. The second-order valence-corrected chi connectivity index (χ2v) is 7.77. The molecule has 3 rings (SSSR count). The number of hydrogen-bond acceptors (Lipinski definition) is 6. The van der Waals surface area contributed by atoms with Gasteiger partial charge in [0.05, 0.1) is 20.3 Å². The van der Waals surface area contributed by atoms with E-state index in [1.165, 1.54) is 0 Å². The number of esters is 1. The lowest BCUT2D eigenvalue weighted by molar-refractivity contribution is -0.150. The predicted octanol–water partition coefficient (Wildman–Crippen LogP) is 3.81. The Hall–Kier alpha value is -2.77. The SMILES string of the molecule is CCOC(=O)C(c1ccc(Cl)cc1)N1CCN(C(=O)c2ccc(OC)c(OCC)c2)CC1. The Morgan fingerprint density at radius 1 is 0.969 bits per heavy atom. The number of rotatable bonds is 8. The van der Waals surface area contributed by atoms with E-state index in [0.717, 1.165) is 5.56 Å². The van der Waals surface area contributed by atoms with Crippen molar-refractivity contribution in [3.05, 3.63) is 58.6 Å². The number of nitrogens with zero attached hydrogens (tertiary/aromatic N) is 2. The first-order valence-corrected chi connectivity index (χ1v) is 11.1. The summed E-state index contributed by atoms with van der Waals surface area (Å²) in [6.45, 7) is 6.55. The number of piperazine rings is 1. The summed E-state index contributed by atoms with van der Waals surface area (Å²) in [5.74, 6) is 0.761. The highest BCUT2D eigenvalue weighted by Gasteiger charge is 2.33. The molecule has 0 aliphatic carbocycles. The average molecular weight is 461 g/mol. The summed E-state index contributed by atoms with van der Waals surface area (Å²) in [6, 6.07) is 11.9. The van der Waals surface area contributed by atoms with Crippen LogP contribution in [0.3, 0.4) is 0 Å². The van der Waals surface area contributed by atoms with Gasteiger partial charge >= 0.3 is 5.97 Å². The lowest BCUT2D eigenvalue weighted by Gasteiger charge is -2.38. The molecule has 1 amide bonds. The minimum absolute atomic E-state index is 0.0765. The molecule has 1 heterocycles. The number of carbonyl (C=O) groups excluding carboxylic acids is 2. The summed E-state index contributed by atoms with van der Waals surface area (Å²) in [7, 11) is 1.57. The van der Waals surface area contributed by atoms with Crippen molar-refractivity contribution in [2.45, 2.75) is 19.9 Å². The fourth-order valence-electron chi connectivity index (χ4n) is 3.81. The van der Waals surface area contributed by atoms with E-state index < -0.39 is 6.04 Å². The molecule has 8 heteroatoms. The molecule has 172 valence electrons. The Bertz CT molecular complexity index is 926. The van der Waals surface area contributed by atoms with Crippen LogP contribution in [0, 0.1) is 0 Å². The minimum Gasteiger partial charge on any atom is -0.493 e. The van der Waals surface area contributed by atoms with Crippen LogP contribution in [0.4, 0.5) is 0 Å². The molecule has 2 aromatic carbocycles. The van der Waals surface area contributed by atoms with E-state index in [2.05, 4.69) is 0 Å². The number of carbonyl (C=O) groups is 2. The van der Waals surface area contributed by atoms with Gasteiger partial charge in [0.1, 0.15) is 6.04 Å². The summed E-state index contributed by atoms with van der Waals surface area (Å²) in [5.41, 5.74) is 1.37. The zero-order valence-corrected chi connectivity index (χ0v) is 19.4. The maximum absolute atomic E-state index is 13.1. The van der Waals surface area contributed by atoms with E-state index in [1.54, 1.807) is 49.3 Å². The van der Waals surface area contributed by atoms with Crippen LogP contribution < -0.4 is 9.47 Å². The van der Waals surface area contributed by atoms with Gasteiger partial charge in [-0.3, -0.25) is 9.69 Å². The van der Waals surface area contributed by atoms with E-state index in [9.17, 15) is 9.59 Å². The Morgan fingerprint density at radius 2 is 1.66 bits per heavy atom. The van der Waals surface area contributed by atoms with Crippen molar-refractivity contribution in [1.29, 1.82) is 0 Å². The molecule has 7 nitrogen and oxygen atoms in total. The molecule has 0 spiro atoms. The van der Waals surface area contributed by atoms with Crippen molar-refractivity contribution < 1.29 is 23.8 Å². The molecule has 1 unspecified atom stereocenters. The topological polar surface area (TPSA) is 68.3 Å². The highest BCUT2D eigenvalue weighted by Crippen LogP contribution is 2.29. The zero-order chi connectivity index (χ0) is 23.1. The quantitative estimate of drug-likeness (QED) is 0.558. The molecular weight excluding hydrogens is 432 g/mol. The van der Waals surface area contributed by atoms with Gasteiger partial charge < -0.3 is 19.1 Å². The van der Waals surface area contributed by atoms with Gasteiger partial charge in [-0.2, -0.15) is 0 Å². The van der Waals surface area contributed by atoms with Crippen LogP contribution in [-0.2, 0) is 9.53 Å². The van der Waals surface area contributed by atoms with Gasteiger partial charge in [0.25, 0.3) is 5.91 Å². The average Bonchev–Trinajstić information content (AvgIpc) is 2.81. The molecule has 1 fully saturated rings. The fraction of sp³-hybridized carbons (Fsp3) is 0.417. The lowest BCUT2D eigenvalue weighted by atomic mass is 10.0. The monoisotopic (exact) mass is 460 g/mol. The van der Waals surface area contributed by atoms with E-state index in [1.807, 2.05) is 24.0 Å². The van der Waals surface area contributed by atoms with Gasteiger partial charge in [-0.1, -0.05) is 23.7 Å². The number of methoxy groups -OCH3 is 1. The first-order valence-electron chi connectivity index (χ1n) is 10.7. The standard InChI is InChI=1S/C24H29ClN2O5/c1-4-31-21-16-18(8-11-20(21)30-3)23(28)27-14-12-26(13-15-27)22(24(29)32-5-2)17-6-9-19(25)10-7-17/h6-11,16,22H,4-5,12-15H2,1-3H3. The molecule has 0 radical (unpaired) electrons. The van der Waals surface area contributed by atoms with Crippen LogP contribution in [0.2, 0.25) is 5.02 Å². The lowest BCUT2D eigenvalue weighted by Crippen LogP contribution is -2.51. The van der Waals surface area contributed by atoms with Gasteiger partial charge in [0.15, 0.2) is 11.5 Å². The Kier molecular flexibility index (Phi) is 8.36. The molecule has 0 N–H and O–H groups in total. The van der Waals surface area contributed by atoms with Crippen LogP contribution in [-0.4, -0.2) is 68.2 Å². The number of ether oxygens (including phenoxy) is 3. The van der Waals surface area contributed by atoms with E-state index in [-0.39, 0.29) is 11.9 Å². The van der Waals surface area contributed by atoms with E-state index in [4.69, 9.17) is 25.8 Å². The Morgan fingerprint density at radius 3 is 2.25 bits per heavy atom. The van der Waals surface area contributed by atoms with Gasteiger partial charge in [-0.15, -0.1) is 0 Å². The van der Waals surface area contributed by atoms with Crippen molar-refractivity contribution in [2.75, 3.05) is 46.5 Å². The van der Waals surface area contributed by atoms with Gasteiger partial charge in [-0.25, -0.2) is 4.79 Å². The van der Waals surface area contributed by atoms with Crippen LogP contribution in [0.15, 0.2) is 42.5 Å². The number of amides is 1. The van der Waals surface area contributed by atoms with Crippen molar-refractivity contribution >= 4 is 23.5 Å². The fourth-order valence-corrected chi connectivity index (χ4v) is 3.93. The normalized spacial score (nSPS) is 15.2. The van der Waals surface area contributed by atoms with Crippen molar-refractivity contribution in [2.24, 2.45) is 0 Å². The maximum atomic E-state index is 13.1. The van der Waals surface area contributed by atoms with E-state index in [0.29, 0.717) is 61.5 Å². The molecule has 1 aliphatic heterocycles. The summed E-state index contributed by atoms with van der Waals surface area (Å²) >= 11 is 6.01. The molecule has 0 aromatic heterocycles. The minimum atomic E-state index is -0.532. The number of halogens is 1. The second-order valence-electron chi connectivity index (χ2n) is 7.33. The van der Waals surface area contributed by atoms with Gasteiger partial charge in [0.2, 0.25) is 0 Å². The third-order valence-electron chi connectivity index (χ3n) is 5.37. The Labute approximate surface area is 193 Å². The first kappa shape index (κ1) is 23.9. The van der Waals surface area contributed by atoms with Crippen molar-refractivity contribution in [1.82, 2.24) is 9.80 Å². The molecule has 0 saturated carbocycles. The molecule has 32 heavy (non-hydrogen) atoms. The highest BCUT2D eigenvalue weighted by atomic mass is 35.5. The van der Waals surface area contributed by atoms with Crippen molar-refractivity contribution in [3.8, 4) is 11.5 Å². The third-order valence-corrected chi connectivity index (χ3v) is 5.62. The molecule has 1 aliphatic rings. The molecule has 2 aromatic rings. The predicted molar refractivity (Wildman–Crippen MR) is 122 cm³/mol. The van der Waals surface area contributed by atoms with Crippen LogP contribution in [0.5, 0.6) is 11.5 Å². The van der Waals surface area contributed by atoms with E-state index >= 15 is 0 Å². The highest BCUT2D eigenvalue weighted by molar-refractivity contribution is 6.30. The van der Waals surface area contributed by atoms with Crippen molar-refractivity contribution in [3.63, 3.8) is 0 Å². The smallest absolute Gasteiger partial charge is 0.328 e. The summed E-state index contributed by atoms with van der Waals surface area (Å²) < 4.78 is 16.2. The largest absolute Gasteiger partial charge is 0.493 e. The second kappa shape index (κ2) is 11.2. The van der Waals surface area contributed by atoms with Crippen LogP contribution in [0.1, 0.15) is 35.8 Å². The number of hydrogen-bond donors (Lipinski definition) is 0. The summed E-state index contributed by atoms with van der Waals surface area (Å²) in [6.07, 6.45) is 0. The molecular formula is C24H29ClN2O5. The molecule has 1 atom stereocenters. The third kappa shape index (κ3) is 5.53. The van der Waals surface area contributed by atoms with Gasteiger partial charge in [0, 0.05) is 36.8 Å². The molecule has 1 saturated heterocycles. The first-order chi connectivity index (χ1) is 15.5. The van der Waals surface area contributed by atoms with Crippen LogP contribution >= 0.6 is 11.6 Å². The maximum Gasteiger partial charge on any atom is 0.328 e. The zero-order valence-electron chi connectivity index (χ0n) is 18.7. The van der Waals surface area contributed by atoms with Gasteiger partial charge in [-0.05, 0) is 49.7 Å². The summed E-state index contributed by atoms with van der Waals surface area (Å²) in [5, 5.41) is 0.609. The Balaban J connectivity index is 1.72. The summed E-state index contributed by atoms with van der Waals surface area (Å²) in [4.78, 5) is 29.6. The van der Waals surface area contributed by atoms with Crippen LogP contribution in [0.25, 0.3) is 0 Å². The molecule has 0 bridgehead atoms.